The van der Waals surface area contributed by atoms with Crippen LogP contribution in [0.3, 0.4) is 0 Å². The third-order valence-corrected chi connectivity index (χ3v) is 3.85. The Morgan fingerprint density at radius 3 is 2.78 bits per heavy atom. The molecule has 1 aromatic heterocycles. The van der Waals surface area contributed by atoms with Crippen molar-refractivity contribution in [2.75, 3.05) is 7.11 Å². The zero-order valence-corrected chi connectivity index (χ0v) is 14.4. The van der Waals surface area contributed by atoms with Crippen molar-refractivity contribution in [2.24, 2.45) is 0 Å². The molecule has 4 nitrogen and oxygen atoms in total. The first-order valence-electron chi connectivity index (χ1n) is 7.38. The quantitative estimate of drug-likeness (QED) is 0.790. The standard InChI is InChI=1S/C17H19ClN2O2.ClH/c1-21-16-8-13(10-20-14-4-5-14)7-15(18)17(16)22-11-12-3-2-6-19-9-12;/h2-3,6-9,14,20H,4-5,10-11H2,1H3;1H/p-1. The van der Waals surface area contributed by atoms with Crippen molar-refractivity contribution >= 4 is 11.6 Å². The van der Waals surface area contributed by atoms with Gasteiger partial charge in [-0.3, -0.25) is 4.98 Å². The topological polar surface area (TPSA) is 43.4 Å². The van der Waals surface area contributed by atoms with Crippen LogP contribution in [0.15, 0.2) is 36.7 Å². The molecule has 6 heteroatoms. The number of nitrogens with zero attached hydrogens (tertiary/aromatic N) is 1. The van der Waals surface area contributed by atoms with E-state index in [1.165, 1.54) is 12.8 Å². The first kappa shape index (κ1) is 17.9. The molecular formula is C17H19Cl2N2O2-. The summed E-state index contributed by atoms with van der Waals surface area (Å²) in [6, 6.07) is 8.40. The van der Waals surface area contributed by atoms with E-state index in [1.54, 1.807) is 19.5 Å². The molecule has 0 saturated heterocycles. The van der Waals surface area contributed by atoms with E-state index in [1.807, 2.05) is 24.3 Å². The predicted octanol–water partition coefficient (Wildman–Crippen LogP) is 0.579. The number of pyridine rings is 1. The second kappa shape index (κ2) is 8.39. The fourth-order valence-electron chi connectivity index (χ4n) is 2.20. The fraction of sp³-hybridized carbons (Fsp3) is 0.353. The molecule has 0 bridgehead atoms. The summed E-state index contributed by atoms with van der Waals surface area (Å²) >= 11 is 6.36. The van der Waals surface area contributed by atoms with Crippen molar-refractivity contribution < 1.29 is 21.9 Å². The molecule has 0 radical (unpaired) electrons. The highest BCUT2D eigenvalue weighted by Gasteiger charge is 2.20. The van der Waals surface area contributed by atoms with Crippen LogP contribution in [-0.4, -0.2) is 18.1 Å². The molecule has 1 aromatic carbocycles. The molecule has 0 amide bonds. The van der Waals surface area contributed by atoms with Gasteiger partial charge < -0.3 is 27.2 Å². The van der Waals surface area contributed by atoms with E-state index >= 15 is 0 Å². The molecule has 0 atom stereocenters. The molecule has 1 aliphatic rings. The molecule has 1 N–H and O–H groups in total. The largest absolute Gasteiger partial charge is 1.00 e. The number of hydrogen-bond donors (Lipinski definition) is 1. The van der Waals surface area contributed by atoms with Crippen LogP contribution >= 0.6 is 11.6 Å². The third-order valence-electron chi connectivity index (χ3n) is 3.57. The Labute approximate surface area is 147 Å². The highest BCUT2D eigenvalue weighted by atomic mass is 35.5. The smallest absolute Gasteiger partial charge is 0.180 e. The van der Waals surface area contributed by atoms with Crippen molar-refractivity contribution in [1.82, 2.24) is 10.3 Å². The summed E-state index contributed by atoms with van der Waals surface area (Å²) in [7, 11) is 1.63. The minimum Gasteiger partial charge on any atom is -1.00 e. The van der Waals surface area contributed by atoms with Crippen LogP contribution in [0.1, 0.15) is 24.0 Å². The molecule has 0 unspecified atom stereocenters. The molecule has 1 fully saturated rings. The first-order chi connectivity index (χ1) is 10.8. The SMILES string of the molecule is COc1cc(CNC2CC2)cc(Cl)c1OCc1cccnc1.[Cl-]. The Kier molecular flexibility index (Phi) is 6.51. The van der Waals surface area contributed by atoms with Gasteiger partial charge in [0, 0.05) is 30.5 Å². The van der Waals surface area contributed by atoms with Gasteiger partial charge in [-0.05, 0) is 36.6 Å². The number of ether oxygens (including phenoxy) is 2. The summed E-state index contributed by atoms with van der Waals surface area (Å²) in [6.45, 7) is 1.20. The van der Waals surface area contributed by atoms with Gasteiger partial charge in [-0.25, -0.2) is 0 Å². The van der Waals surface area contributed by atoms with E-state index < -0.39 is 0 Å². The number of rotatable bonds is 7. The second-order valence-electron chi connectivity index (χ2n) is 5.41. The van der Waals surface area contributed by atoms with E-state index in [2.05, 4.69) is 10.3 Å². The van der Waals surface area contributed by atoms with Gasteiger partial charge in [0.05, 0.1) is 12.1 Å². The maximum Gasteiger partial charge on any atom is 0.180 e. The average Bonchev–Trinajstić information content (AvgIpc) is 3.36. The molecular weight excluding hydrogens is 335 g/mol. The van der Waals surface area contributed by atoms with Crippen molar-refractivity contribution in [1.29, 1.82) is 0 Å². The number of nitrogens with one attached hydrogen (secondary N) is 1. The summed E-state index contributed by atoms with van der Waals surface area (Å²) in [5.41, 5.74) is 2.09. The minimum atomic E-state index is 0. The third kappa shape index (κ3) is 4.99. The number of aromatic nitrogens is 1. The molecule has 0 spiro atoms. The zero-order chi connectivity index (χ0) is 15.4. The van der Waals surface area contributed by atoms with Crippen LogP contribution in [0.5, 0.6) is 11.5 Å². The molecule has 1 aliphatic carbocycles. The number of methoxy groups -OCH3 is 1. The highest BCUT2D eigenvalue weighted by molar-refractivity contribution is 6.32. The van der Waals surface area contributed by atoms with Crippen LogP contribution in [-0.2, 0) is 13.2 Å². The normalized spacial score (nSPS) is 13.3. The lowest BCUT2D eigenvalue weighted by molar-refractivity contribution is -0.00000504. The van der Waals surface area contributed by atoms with E-state index in [9.17, 15) is 0 Å². The second-order valence-corrected chi connectivity index (χ2v) is 5.82. The molecule has 23 heavy (non-hydrogen) atoms. The fourth-order valence-corrected chi connectivity index (χ4v) is 2.49. The molecule has 1 heterocycles. The van der Waals surface area contributed by atoms with Crippen molar-refractivity contribution in [3.63, 3.8) is 0 Å². The van der Waals surface area contributed by atoms with Crippen molar-refractivity contribution in [3.05, 3.63) is 52.8 Å². The lowest BCUT2D eigenvalue weighted by atomic mass is 10.2. The molecule has 1 saturated carbocycles. The van der Waals surface area contributed by atoms with Gasteiger partial charge in [0.25, 0.3) is 0 Å². The van der Waals surface area contributed by atoms with Crippen molar-refractivity contribution in [2.45, 2.75) is 32.0 Å². The van der Waals surface area contributed by atoms with E-state index in [-0.39, 0.29) is 12.4 Å². The Morgan fingerprint density at radius 2 is 2.13 bits per heavy atom. The number of benzene rings is 1. The Hall–Kier alpha value is -1.49. The van der Waals surface area contributed by atoms with Gasteiger partial charge in [-0.2, -0.15) is 0 Å². The Morgan fingerprint density at radius 1 is 1.30 bits per heavy atom. The molecule has 3 rings (SSSR count). The number of halogens is 2. The number of hydrogen-bond acceptors (Lipinski definition) is 4. The Bertz CT molecular complexity index is 634. The lowest BCUT2D eigenvalue weighted by Crippen LogP contribution is -3.00. The molecule has 2 aromatic rings. The van der Waals surface area contributed by atoms with Crippen LogP contribution in [0.25, 0.3) is 0 Å². The van der Waals surface area contributed by atoms with Gasteiger partial charge in [-0.1, -0.05) is 17.7 Å². The minimum absolute atomic E-state index is 0. The maximum absolute atomic E-state index is 6.36. The van der Waals surface area contributed by atoms with Gasteiger partial charge in [0.1, 0.15) is 6.61 Å². The van der Waals surface area contributed by atoms with E-state index in [0.717, 1.165) is 17.7 Å². The summed E-state index contributed by atoms with van der Waals surface area (Å²) in [5, 5.41) is 4.03. The van der Waals surface area contributed by atoms with E-state index in [4.69, 9.17) is 21.1 Å². The van der Waals surface area contributed by atoms with Gasteiger partial charge in [-0.15, -0.1) is 0 Å². The summed E-state index contributed by atoms with van der Waals surface area (Å²) in [6.07, 6.45) is 6.03. The summed E-state index contributed by atoms with van der Waals surface area (Å²) in [4.78, 5) is 4.07. The highest BCUT2D eigenvalue weighted by Crippen LogP contribution is 2.37. The van der Waals surface area contributed by atoms with Crippen LogP contribution in [0.4, 0.5) is 0 Å². The summed E-state index contributed by atoms with van der Waals surface area (Å²) in [5.74, 6) is 1.23. The van der Waals surface area contributed by atoms with Crippen LogP contribution in [0.2, 0.25) is 5.02 Å². The van der Waals surface area contributed by atoms with Crippen molar-refractivity contribution in [3.8, 4) is 11.5 Å². The predicted molar refractivity (Wildman–Crippen MR) is 86.4 cm³/mol. The van der Waals surface area contributed by atoms with Gasteiger partial charge in [0.2, 0.25) is 0 Å². The van der Waals surface area contributed by atoms with E-state index in [0.29, 0.717) is 29.2 Å². The Balaban J connectivity index is 0.00000192. The molecule has 124 valence electrons. The average molecular weight is 354 g/mol. The summed E-state index contributed by atoms with van der Waals surface area (Å²) < 4.78 is 11.2. The first-order valence-corrected chi connectivity index (χ1v) is 7.75. The monoisotopic (exact) mass is 353 g/mol. The van der Waals surface area contributed by atoms with Crippen LogP contribution < -0.4 is 27.2 Å². The molecule has 0 aliphatic heterocycles. The lowest BCUT2D eigenvalue weighted by Gasteiger charge is -2.14. The van der Waals surface area contributed by atoms with Gasteiger partial charge in [0.15, 0.2) is 11.5 Å². The zero-order valence-electron chi connectivity index (χ0n) is 12.9. The van der Waals surface area contributed by atoms with Crippen LogP contribution in [0, 0.1) is 0 Å². The van der Waals surface area contributed by atoms with Gasteiger partial charge >= 0.3 is 0 Å². The maximum atomic E-state index is 6.36.